The Morgan fingerprint density at radius 3 is 2.68 bits per heavy atom. The zero-order valence-electron chi connectivity index (χ0n) is 20.0. The molecule has 5 rings (SSSR count). The second-order valence-corrected chi connectivity index (χ2v) is 8.94. The molecule has 1 fully saturated rings. The number of ether oxygens (including phenoxy) is 4. The van der Waals surface area contributed by atoms with E-state index in [2.05, 4.69) is 5.32 Å². The fourth-order valence-corrected chi connectivity index (χ4v) is 4.48. The number of benzene rings is 3. The molecule has 1 N–H and O–H groups in total. The number of hydrogen-bond donors (Lipinski definition) is 1. The third-order valence-electron chi connectivity index (χ3n) is 5.66. The number of fused-ring (bicyclic) bond motifs is 1. The van der Waals surface area contributed by atoms with E-state index in [1.165, 1.54) is 30.3 Å². The third-order valence-corrected chi connectivity index (χ3v) is 6.22. The molecule has 0 aliphatic carbocycles. The van der Waals surface area contributed by atoms with Gasteiger partial charge in [-0.2, -0.15) is 0 Å². The van der Waals surface area contributed by atoms with Crippen molar-refractivity contribution >= 4 is 52.5 Å². The number of carbonyl (C=O) groups is 2. The zero-order valence-corrected chi connectivity index (χ0v) is 21.5. The van der Waals surface area contributed by atoms with E-state index in [-0.39, 0.29) is 34.8 Å². The summed E-state index contributed by atoms with van der Waals surface area (Å²) in [5.74, 6) is -0.256. The van der Waals surface area contributed by atoms with Crippen LogP contribution in [0.4, 0.5) is 10.1 Å². The lowest BCUT2D eigenvalue weighted by Gasteiger charge is -2.29. The molecular weight excluding hydrogens is 535 g/mol. The van der Waals surface area contributed by atoms with Crippen LogP contribution in [0.15, 0.2) is 60.2 Å². The third kappa shape index (κ3) is 5.00. The Morgan fingerprint density at radius 2 is 1.89 bits per heavy atom. The van der Waals surface area contributed by atoms with Crippen molar-refractivity contribution in [1.29, 1.82) is 0 Å². The van der Waals surface area contributed by atoms with Gasteiger partial charge in [0.05, 0.1) is 17.3 Å². The van der Waals surface area contributed by atoms with Crippen LogP contribution in [-0.2, 0) is 16.2 Å². The standard InChI is InChI=1S/C27H20ClFN2O6S/c1-2-34-23-12-16(10-18(28)24(23)35-13-15-7-8-21-22(11-15)37-14-36-21)9-17-25(32)30-27(38)31(26(17)33)20-6-4-3-5-19(20)29/h3-12H,2,13-14H2,1H3,(H,30,32,38)/b17-9+. The van der Waals surface area contributed by atoms with E-state index in [0.717, 1.165) is 10.5 Å². The Hall–Kier alpha value is -4.15. The van der Waals surface area contributed by atoms with Gasteiger partial charge < -0.3 is 18.9 Å². The number of amides is 2. The van der Waals surface area contributed by atoms with Crippen LogP contribution < -0.4 is 29.2 Å². The molecule has 11 heteroatoms. The molecule has 194 valence electrons. The van der Waals surface area contributed by atoms with Crippen molar-refractivity contribution in [3.63, 3.8) is 0 Å². The highest BCUT2D eigenvalue weighted by atomic mass is 35.5. The lowest BCUT2D eigenvalue weighted by atomic mass is 10.1. The highest BCUT2D eigenvalue weighted by Gasteiger charge is 2.35. The number of thiocarbonyl (C=S) groups is 1. The number of nitrogens with zero attached hydrogens (tertiary/aromatic N) is 1. The highest BCUT2D eigenvalue weighted by Crippen LogP contribution is 2.39. The molecule has 38 heavy (non-hydrogen) atoms. The van der Waals surface area contributed by atoms with Crippen LogP contribution in [0, 0.1) is 5.82 Å². The van der Waals surface area contributed by atoms with E-state index in [0.29, 0.717) is 35.2 Å². The summed E-state index contributed by atoms with van der Waals surface area (Å²) >= 11 is 11.7. The number of nitrogens with one attached hydrogen (secondary N) is 1. The van der Waals surface area contributed by atoms with Gasteiger partial charge in [-0.15, -0.1) is 0 Å². The predicted octanol–water partition coefficient (Wildman–Crippen LogP) is 5.02. The minimum Gasteiger partial charge on any atom is -0.490 e. The van der Waals surface area contributed by atoms with Crippen molar-refractivity contribution in [3.8, 4) is 23.0 Å². The minimum absolute atomic E-state index is 0.0753. The van der Waals surface area contributed by atoms with Crippen molar-refractivity contribution in [1.82, 2.24) is 5.32 Å². The molecular formula is C27H20ClFN2O6S. The summed E-state index contributed by atoms with van der Waals surface area (Å²) in [5, 5.41) is 2.41. The van der Waals surface area contributed by atoms with Gasteiger partial charge in [-0.1, -0.05) is 29.8 Å². The molecule has 3 aromatic carbocycles. The fraction of sp³-hybridized carbons (Fsp3) is 0.148. The van der Waals surface area contributed by atoms with Crippen molar-refractivity contribution in [2.75, 3.05) is 18.3 Å². The van der Waals surface area contributed by atoms with Crippen LogP contribution in [0.25, 0.3) is 6.08 Å². The van der Waals surface area contributed by atoms with Crippen LogP contribution in [0.1, 0.15) is 18.1 Å². The topological polar surface area (TPSA) is 86.3 Å². The van der Waals surface area contributed by atoms with Gasteiger partial charge in [0, 0.05) is 0 Å². The number of carbonyl (C=O) groups excluding carboxylic acids is 2. The van der Waals surface area contributed by atoms with Crippen molar-refractivity contribution in [2.24, 2.45) is 0 Å². The predicted molar refractivity (Wildman–Crippen MR) is 142 cm³/mol. The first-order valence-corrected chi connectivity index (χ1v) is 12.3. The molecule has 1 saturated heterocycles. The SMILES string of the molecule is CCOc1cc(/C=C2\C(=O)NC(=S)N(c3ccccc3F)C2=O)cc(Cl)c1OCc1ccc2c(c1)OCO2. The van der Waals surface area contributed by atoms with Gasteiger partial charge >= 0.3 is 0 Å². The number of para-hydroxylation sites is 1. The fourth-order valence-electron chi connectivity index (χ4n) is 3.94. The molecule has 8 nitrogen and oxygen atoms in total. The van der Waals surface area contributed by atoms with E-state index >= 15 is 0 Å². The summed E-state index contributed by atoms with van der Waals surface area (Å²) in [6.07, 6.45) is 1.34. The largest absolute Gasteiger partial charge is 0.490 e. The minimum atomic E-state index is -0.777. The maximum atomic E-state index is 14.4. The van der Waals surface area contributed by atoms with E-state index in [1.807, 2.05) is 12.1 Å². The van der Waals surface area contributed by atoms with Gasteiger partial charge in [-0.3, -0.25) is 14.9 Å². The monoisotopic (exact) mass is 554 g/mol. The first-order chi connectivity index (χ1) is 18.4. The van der Waals surface area contributed by atoms with Gasteiger partial charge in [-0.05, 0) is 72.7 Å². The zero-order chi connectivity index (χ0) is 26.8. The van der Waals surface area contributed by atoms with Crippen LogP contribution >= 0.6 is 23.8 Å². The van der Waals surface area contributed by atoms with Gasteiger partial charge in [0.15, 0.2) is 28.1 Å². The Kier molecular flexibility index (Phi) is 7.17. The van der Waals surface area contributed by atoms with E-state index < -0.39 is 17.6 Å². The Bertz CT molecular complexity index is 1490. The average Bonchev–Trinajstić information content (AvgIpc) is 3.35. The maximum absolute atomic E-state index is 14.4. The van der Waals surface area contributed by atoms with Crippen LogP contribution in [0.2, 0.25) is 5.02 Å². The molecule has 0 bridgehead atoms. The van der Waals surface area contributed by atoms with Crippen LogP contribution in [-0.4, -0.2) is 30.3 Å². The second kappa shape index (κ2) is 10.7. The summed E-state index contributed by atoms with van der Waals surface area (Å²) in [6.45, 7) is 2.45. The number of hydrogen-bond acceptors (Lipinski definition) is 7. The average molecular weight is 555 g/mol. The lowest BCUT2D eigenvalue weighted by Crippen LogP contribution is -2.54. The van der Waals surface area contributed by atoms with Gasteiger partial charge in [0.25, 0.3) is 11.8 Å². The van der Waals surface area contributed by atoms with Gasteiger partial charge in [-0.25, -0.2) is 9.29 Å². The molecule has 0 spiro atoms. The molecule has 0 aromatic heterocycles. The molecule has 3 aromatic rings. The lowest BCUT2D eigenvalue weighted by molar-refractivity contribution is -0.122. The summed E-state index contributed by atoms with van der Waals surface area (Å²) in [4.78, 5) is 26.8. The van der Waals surface area contributed by atoms with E-state index in [9.17, 15) is 14.0 Å². The summed E-state index contributed by atoms with van der Waals surface area (Å²) in [6, 6.07) is 14.2. The summed E-state index contributed by atoms with van der Waals surface area (Å²) < 4.78 is 36.9. The normalized spacial score (nSPS) is 15.6. The van der Waals surface area contributed by atoms with E-state index in [4.69, 9.17) is 42.8 Å². The van der Waals surface area contributed by atoms with Crippen molar-refractivity contribution < 1.29 is 32.9 Å². The molecule has 0 radical (unpaired) electrons. The molecule has 0 atom stereocenters. The highest BCUT2D eigenvalue weighted by molar-refractivity contribution is 7.80. The van der Waals surface area contributed by atoms with Crippen molar-refractivity contribution in [2.45, 2.75) is 13.5 Å². The van der Waals surface area contributed by atoms with Crippen molar-refractivity contribution in [3.05, 3.63) is 82.1 Å². The molecule has 2 amide bonds. The first kappa shape index (κ1) is 25.5. The maximum Gasteiger partial charge on any atom is 0.270 e. The quantitative estimate of drug-likeness (QED) is 0.249. The van der Waals surface area contributed by atoms with Gasteiger partial charge in [0.2, 0.25) is 6.79 Å². The summed E-state index contributed by atoms with van der Waals surface area (Å²) in [7, 11) is 0. The molecule has 2 heterocycles. The smallest absolute Gasteiger partial charge is 0.270 e. The number of halogens is 2. The van der Waals surface area contributed by atoms with Gasteiger partial charge in [0.1, 0.15) is 18.0 Å². The van der Waals surface area contributed by atoms with Crippen LogP contribution in [0.3, 0.4) is 0 Å². The molecule has 0 unspecified atom stereocenters. The van der Waals surface area contributed by atoms with Crippen LogP contribution in [0.5, 0.6) is 23.0 Å². The Labute approximate surface area is 227 Å². The molecule has 2 aliphatic rings. The molecule has 2 aliphatic heterocycles. The Balaban J connectivity index is 1.44. The molecule has 0 saturated carbocycles. The second-order valence-electron chi connectivity index (χ2n) is 8.15. The summed E-state index contributed by atoms with van der Waals surface area (Å²) in [5.41, 5.74) is 0.893. The van der Waals surface area contributed by atoms with E-state index in [1.54, 1.807) is 25.1 Å². The first-order valence-electron chi connectivity index (χ1n) is 11.5. The number of anilines is 1. The number of rotatable bonds is 7. The Morgan fingerprint density at radius 1 is 1.11 bits per heavy atom.